The number of carbonyl (C=O) groups is 2. The Morgan fingerprint density at radius 1 is 1.25 bits per heavy atom. The van der Waals surface area contributed by atoms with Crippen molar-refractivity contribution in [1.29, 1.82) is 0 Å². The fraction of sp³-hybridized carbons (Fsp3) is 0.174. The Hall–Kier alpha value is -3.49. The normalized spacial score (nSPS) is 19.4. The standard InChI is InChI=1S/C23H19NO4/c1-2-28-22(26)18-10-8-17(9-11-18)6-5-13-23(27)14-12-21(25)20(23)16-19-7-3-4-15-24-19/h3-4,7-12,14-16,27H,2,13H2,1H3/b20-16-. The second-order valence-electron chi connectivity index (χ2n) is 6.21. The van der Waals surface area contributed by atoms with Crippen LogP contribution < -0.4 is 0 Å². The van der Waals surface area contributed by atoms with Crippen LogP contribution in [0.1, 0.15) is 35.0 Å². The Labute approximate surface area is 163 Å². The number of aliphatic hydroxyl groups is 1. The molecule has 28 heavy (non-hydrogen) atoms. The number of benzene rings is 1. The number of allylic oxidation sites excluding steroid dienone is 1. The van der Waals surface area contributed by atoms with Gasteiger partial charge in [-0.05, 0) is 61.5 Å². The van der Waals surface area contributed by atoms with Gasteiger partial charge in [0, 0.05) is 23.8 Å². The van der Waals surface area contributed by atoms with Crippen LogP contribution in [0.4, 0.5) is 0 Å². The molecule has 1 heterocycles. The smallest absolute Gasteiger partial charge is 0.338 e. The molecule has 3 rings (SSSR count). The van der Waals surface area contributed by atoms with Crippen LogP contribution >= 0.6 is 0 Å². The molecule has 1 aliphatic rings. The minimum absolute atomic E-state index is 0.0630. The first-order valence-corrected chi connectivity index (χ1v) is 8.87. The van der Waals surface area contributed by atoms with Crippen LogP contribution in [0.15, 0.2) is 66.4 Å². The fourth-order valence-electron chi connectivity index (χ4n) is 2.75. The van der Waals surface area contributed by atoms with Gasteiger partial charge in [0.2, 0.25) is 0 Å². The number of ketones is 1. The Balaban J connectivity index is 1.75. The van der Waals surface area contributed by atoms with Crippen LogP contribution in [0, 0.1) is 11.8 Å². The molecule has 5 heteroatoms. The van der Waals surface area contributed by atoms with E-state index in [-0.39, 0.29) is 23.7 Å². The minimum Gasteiger partial charge on any atom is -0.462 e. The van der Waals surface area contributed by atoms with Gasteiger partial charge in [0.25, 0.3) is 0 Å². The molecular weight excluding hydrogens is 354 g/mol. The molecule has 1 unspecified atom stereocenters. The highest BCUT2D eigenvalue weighted by Gasteiger charge is 2.36. The summed E-state index contributed by atoms with van der Waals surface area (Å²) in [6.45, 7) is 2.07. The number of rotatable bonds is 4. The Bertz CT molecular complexity index is 994. The molecule has 2 aromatic rings. The average molecular weight is 373 g/mol. The van der Waals surface area contributed by atoms with Crippen molar-refractivity contribution in [3.63, 3.8) is 0 Å². The van der Waals surface area contributed by atoms with Crippen LogP contribution in [-0.2, 0) is 9.53 Å². The monoisotopic (exact) mass is 373 g/mol. The van der Waals surface area contributed by atoms with Gasteiger partial charge in [-0.25, -0.2) is 4.79 Å². The molecule has 0 spiro atoms. The predicted octanol–water partition coefficient (Wildman–Crippen LogP) is 2.95. The van der Waals surface area contributed by atoms with Gasteiger partial charge >= 0.3 is 5.97 Å². The maximum absolute atomic E-state index is 12.1. The van der Waals surface area contributed by atoms with E-state index in [1.54, 1.807) is 55.6 Å². The van der Waals surface area contributed by atoms with E-state index >= 15 is 0 Å². The summed E-state index contributed by atoms with van der Waals surface area (Å²) >= 11 is 0. The molecule has 1 N–H and O–H groups in total. The summed E-state index contributed by atoms with van der Waals surface area (Å²) in [4.78, 5) is 28.0. The number of esters is 1. The first-order valence-electron chi connectivity index (χ1n) is 8.87. The average Bonchev–Trinajstić information content (AvgIpc) is 2.98. The van der Waals surface area contributed by atoms with Gasteiger partial charge < -0.3 is 9.84 Å². The zero-order valence-electron chi connectivity index (χ0n) is 15.4. The molecule has 1 atom stereocenters. The van der Waals surface area contributed by atoms with Gasteiger partial charge in [-0.15, -0.1) is 0 Å². The van der Waals surface area contributed by atoms with Crippen molar-refractivity contribution in [3.05, 3.63) is 83.2 Å². The Morgan fingerprint density at radius 3 is 2.71 bits per heavy atom. The first-order chi connectivity index (χ1) is 13.5. The zero-order chi connectivity index (χ0) is 20.0. The lowest BCUT2D eigenvalue weighted by molar-refractivity contribution is -0.111. The largest absolute Gasteiger partial charge is 0.462 e. The summed E-state index contributed by atoms with van der Waals surface area (Å²) in [7, 11) is 0. The number of nitrogens with zero attached hydrogens (tertiary/aromatic N) is 1. The molecule has 0 saturated carbocycles. The maximum Gasteiger partial charge on any atom is 0.338 e. The highest BCUT2D eigenvalue weighted by atomic mass is 16.5. The van der Waals surface area contributed by atoms with Crippen molar-refractivity contribution < 1.29 is 19.4 Å². The maximum atomic E-state index is 12.1. The third-order valence-electron chi connectivity index (χ3n) is 4.21. The SMILES string of the molecule is CCOC(=O)c1ccc(C#CCC2(O)C=CC(=O)/C2=C/c2ccccn2)cc1. The fourth-order valence-corrected chi connectivity index (χ4v) is 2.75. The lowest BCUT2D eigenvalue weighted by Crippen LogP contribution is -2.27. The van der Waals surface area contributed by atoms with Crippen LogP contribution in [-0.4, -0.2) is 34.1 Å². The van der Waals surface area contributed by atoms with Crippen molar-refractivity contribution in [1.82, 2.24) is 4.98 Å². The van der Waals surface area contributed by atoms with Crippen molar-refractivity contribution in [3.8, 4) is 11.8 Å². The number of pyridine rings is 1. The van der Waals surface area contributed by atoms with Crippen LogP contribution in [0.5, 0.6) is 0 Å². The quantitative estimate of drug-likeness (QED) is 0.507. The highest BCUT2D eigenvalue weighted by molar-refractivity contribution is 6.12. The summed E-state index contributed by atoms with van der Waals surface area (Å²) in [6, 6.07) is 12.1. The van der Waals surface area contributed by atoms with E-state index < -0.39 is 5.60 Å². The van der Waals surface area contributed by atoms with Crippen LogP contribution in [0.3, 0.4) is 0 Å². The van der Waals surface area contributed by atoms with Crippen LogP contribution in [0.25, 0.3) is 6.08 Å². The summed E-state index contributed by atoms with van der Waals surface area (Å²) < 4.78 is 4.94. The van der Waals surface area contributed by atoms with Crippen molar-refractivity contribution in [2.24, 2.45) is 0 Å². The number of hydrogen-bond acceptors (Lipinski definition) is 5. The van der Waals surface area contributed by atoms with Crippen molar-refractivity contribution in [2.75, 3.05) is 6.61 Å². The molecule has 1 aliphatic carbocycles. The number of carbonyl (C=O) groups excluding carboxylic acids is 2. The summed E-state index contributed by atoms with van der Waals surface area (Å²) in [5.41, 5.74) is 0.539. The molecule has 140 valence electrons. The summed E-state index contributed by atoms with van der Waals surface area (Å²) in [6.07, 6.45) is 6.08. The van der Waals surface area contributed by atoms with E-state index in [0.29, 0.717) is 23.4 Å². The second kappa shape index (κ2) is 8.47. The molecule has 1 aromatic heterocycles. The zero-order valence-corrected chi connectivity index (χ0v) is 15.4. The number of aromatic nitrogens is 1. The van der Waals surface area contributed by atoms with E-state index in [4.69, 9.17) is 4.74 Å². The number of hydrogen-bond donors (Lipinski definition) is 1. The van der Waals surface area contributed by atoms with E-state index in [0.717, 1.165) is 0 Å². The van der Waals surface area contributed by atoms with Crippen LogP contribution in [0.2, 0.25) is 0 Å². The molecule has 0 saturated heterocycles. The third kappa shape index (κ3) is 4.43. The van der Waals surface area contributed by atoms with Crippen molar-refractivity contribution in [2.45, 2.75) is 18.9 Å². The highest BCUT2D eigenvalue weighted by Crippen LogP contribution is 2.30. The van der Waals surface area contributed by atoms with Gasteiger partial charge in [0.05, 0.1) is 17.9 Å². The molecular formula is C23H19NO4. The first kappa shape index (κ1) is 19.3. The third-order valence-corrected chi connectivity index (χ3v) is 4.21. The van der Waals surface area contributed by atoms with E-state index in [1.807, 2.05) is 6.07 Å². The van der Waals surface area contributed by atoms with Crippen molar-refractivity contribution >= 4 is 17.8 Å². The number of ether oxygens (including phenoxy) is 1. The molecule has 0 aliphatic heterocycles. The Kier molecular flexibility index (Phi) is 5.83. The molecule has 0 bridgehead atoms. The molecule has 5 nitrogen and oxygen atoms in total. The second-order valence-corrected chi connectivity index (χ2v) is 6.21. The van der Waals surface area contributed by atoms with Gasteiger partial charge in [-0.3, -0.25) is 9.78 Å². The topological polar surface area (TPSA) is 76.5 Å². The van der Waals surface area contributed by atoms with Gasteiger partial charge in [0.15, 0.2) is 5.78 Å². The molecule has 1 aromatic carbocycles. The minimum atomic E-state index is -1.45. The van der Waals surface area contributed by atoms with E-state index in [2.05, 4.69) is 16.8 Å². The lowest BCUT2D eigenvalue weighted by atomic mass is 9.92. The van der Waals surface area contributed by atoms with E-state index in [9.17, 15) is 14.7 Å². The molecule has 0 fully saturated rings. The predicted molar refractivity (Wildman–Crippen MR) is 105 cm³/mol. The van der Waals surface area contributed by atoms with Gasteiger partial charge in [-0.2, -0.15) is 0 Å². The Morgan fingerprint density at radius 2 is 2.04 bits per heavy atom. The lowest BCUT2D eigenvalue weighted by Gasteiger charge is -2.19. The van der Waals surface area contributed by atoms with Gasteiger partial charge in [-0.1, -0.05) is 17.9 Å². The molecule has 0 radical (unpaired) electrons. The molecule has 0 amide bonds. The van der Waals surface area contributed by atoms with Gasteiger partial charge in [0.1, 0.15) is 5.60 Å². The summed E-state index contributed by atoms with van der Waals surface area (Å²) in [5.74, 6) is 5.22. The summed E-state index contributed by atoms with van der Waals surface area (Å²) in [5, 5.41) is 10.9. The van der Waals surface area contributed by atoms with E-state index in [1.165, 1.54) is 12.2 Å².